The fourth-order valence-corrected chi connectivity index (χ4v) is 3.39. The molecule has 0 aliphatic rings. The predicted octanol–water partition coefficient (Wildman–Crippen LogP) is 6.12. The third-order valence-electron chi connectivity index (χ3n) is 4.77. The highest BCUT2D eigenvalue weighted by molar-refractivity contribution is 6.31. The molecule has 5 nitrogen and oxygen atoms in total. The molecule has 0 atom stereocenters. The second kappa shape index (κ2) is 8.58. The van der Waals surface area contributed by atoms with Crippen LogP contribution in [-0.4, -0.2) is 22.1 Å². The lowest BCUT2D eigenvalue weighted by Crippen LogP contribution is -2.09. The van der Waals surface area contributed by atoms with Crippen molar-refractivity contribution in [3.05, 3.63) is 77.1 Å². The van der Waals surface area contributed by atoms with E-state index in [1.807, 2.05) is 6.07 Å². The minimum atomic E-state index is -4.53. The van der Waals surface area contributed by atoms with Gasteiger partial charge in [0.05, 0.1) is 29.9 Å². The molecule has 0 aliphatic carbocycles. The van der Waals surface area contributed by atoms with Gasteiger partial charge in [-0.15, -0.1) is 0 Å². The Morgan fingerprint density at radius 1 is 1.00 bits per heavy atom. The summed E-state index contributed by atoms with van der Waals surface area (Å²) in [5.74, 6) is 0.543. The summed E-state index contributed by atoms with van der Waals surface area (Å²) in [5, 5.41) is 3.54. The number of aromatic nitrogens is 3. The van der Waals surface area contributed by atoms with E-state index in [0.29, 0.717) is 22.5 Å². The largest absolute Gasteiger partial charge is 0.494 e. The third-order valence-corrected chi connectivity index (χ3v) is 5.10. The molecule has 2 heterocycles. The van der Waals surface area contributed by atoms with Crippen LogP contribution in [0.1, 0.15) is 11.3 Å². The molecule has 4 aromatic rings. The SMILES string of the molecule is COc1cc(-c2ccc(F)cc2)cc2c(NCc3ncc(C(F)(F)F)cc3Cl)ncnc12. The maximum atomic E-state index is 13.3. The van der Waals surface area contributed by atoms with Crippen LogP contribution in [0.4, 0.5) is 23.4 Å². The Kier molecular flexibility index (Phi) is 5.84. The number of ether oxygens (including phenoxy) is 1. The molecule has 0 amide bonds. The first kappa shape index (κ1) is 21.8. The number of halogens is 5. The molecule has 32 heavy (non-hydrogen) atoms. The molecule has 2 aromatic carbocycles. The number of fused-ring (bicyclic) bond motifs is 1. The fraction of sp³-hybridized carbons (Fsp3) is 0.136. The van der Waals surface area contributed by atoms with Gasteiger partial charge in [-0.1, -0.05) is 23.7 Å². The summed E-state index contributed by atoms with van der Waals surface area (Å²) in [5.41, 5.74) is 1.34. The quantitative estimate of drug-likeness (QED) is 0.362. The van der Waals surface area contributed by atoms with Crippen molar-refractivity contribution >= 4 is 28.3 Å². The zero-order chi connectivity index (χ0) is 22.9. The summed E-state index contributed by atoms with van der Waals surface area (Å²) in [6, 6.07) is 10.4. The molecule has 0 aliphatic heterocycles. The van der Waals surface area contributed by atoms with Crippen molar-refractivity contribution in [3.8, 4) is 16.9 Å². The maximum Gasteiger partial charge on any atom is 0.417 e. The van der Waals surface area contributed by atoms with Crippen LogP contribution in [0.15, 0.2) is 55.0 Å². The van der Waals surface area contributed by atoms with Crippen LogP contribution in [0, 0.1) is 5.82 Å². The summed E-state index contributed by atoms with van der Waals surface area (Å²) < 4.78 is 57.3. The highest BCUT2D eigenvalue weighted by Gasteiger charge is 2.31. The Bertz CT molecular complexity index is 1280. The first-order valence-corrected chi connectivity index (χ1v) is 9.68. The van der Waals surface area contributed by atoms with Crippen LogP contribution in [0.2, 0.25) is 5.02 Å². The second-order valence-corrected chi connectivity index (χ2v) is 7.21. The molecule has 0 spiro atoms. The number of hydrogen-bond donors (Lipinski definition) is 1. The molecule has 0 fully saturated rings. The Morgan fingerprint density at radius 2 is 1.75 bits per heavy atom. The van der Waals surface area contributed by atoms with E-state index in [1.54, 1.807) is 18.2 Å². The highest BCUT2D eigenvalue weighted by Crippen LogP contribution is 2.35. The van der Waals surface area contributed by atoms with E-state index < -0.39 is 11.7 Å². The smallest absolute Gasteiger partial charge is 0.417 e. The number of alkyl halides is 3. The van der Waals surface area contributed by atoms with Crippen LogP contribution in [0.3, 0.4) is 0 Å². The summed E-state index contributed by atoms with van der Waals surface area (Å²) in [6.07, 6.45) is -2.46. The van der Waals surface area contributed by atoms with Gasteiger partial charge >= 0.3 is 6.18 Å². The number of hydrogen-bond acceptors (Lipinski definition) is 5. The Labute approximate surface area is 185 Å². The van der Waals surface area contributed by atoms with E-state index in [1.165, 1.54) is 25.6 Å². The van der Waals surface area contributed by atoms with Gasteiger partial charge < -0.3 is 10.1 Å². The molecule has 10 heteroatoms. The van der Waals surface area contributed by atoms with Crippen molar-refractivity contribution in [1.82, 2.24) is 15.0 Å². The van der Waals surface area contributed by atoms with Crippen molar-refractivity contribution in [1.29, 1.82) is 0 Å². The van der Waals surface area contributed by atoms with Crippen LogP contribution in [0.5, 0.6) is 5.75 Å². The second-order valence-electron chi connectivity index (χ2n) is 6.81. The molecular formula is C22H15ClF4N4O. The number of rotatable bonds is 5. The number of anilines is 1. The minimum Gasteiger partial charge on any atom is -0.494 e. The lowest BCUT2D eigenvalue weighted by molar-refractivity contribution is -0.137. The normalized spacial score (nSPS) is 11.6. The van der Waals surface area contributed by atoms with Crippen LogP contribution < -0.4 is 10.1 Å². The summed E-state index contributed by atoms with van der Waals surface area (Å²) in [7, 11) is 1.50. The first-order chi connectivity index (χ1) is 15.3. The van der Waals surface area contributed by atoms with Gasteiger partial charge in [0.15, 0.2) is 0 Å². The van der Waals surface area contributed by atoms with E-state index in [9.17, 15) is 17.6 Å². The van der Waals surface area contributed by atoms with Crippen LogP contribution in [0.25, 0.3) is 22.0 Å². The Balaban J connectivity index is 1.70. The average Bonchev–Trinajstić information content (AvgIpc) is 2.77. The van der Waals surface area contributed by atoms with Crippen molar-refractivity contribution < 1.29 is 22.3 Å². The Hall–Kier alpha value is -3.46. The third kappa shape index (κ3) is 4.43. The van der Waals surface area contributed by atoms with E-state index in [4.69, 9.17) is 16.3 Å². The molecule has 1 N–H and O–H groups in total. The zero-order valence-corrected chi connectivity index (χ0v) is 17.3. The van der Waals surface area contributed by atoms with Gasteiger partial charge in [0.1, 0.15) is 29.2 Å². The molecule has 4 rings (SSSR count). The molecule has 2 aromatic heterocycles. The molecule has 0 saturated heterocycles. The van der Waals surface area contributed by atoms with Gasteiger partial charge in [0.25, 0.3) is 0 Å². The van der Waals surface area contributed by atoms with Crippen molar-refractivity contribution in [2.24, 2.45) is 0 Å². The lowest BCUT2D eigenvalue weighted by atomic mass is 10.0. The lowest BCUT2D eigenvalue weighted by Gasteiger charge is -2.13. The van der Waals surface area contributed by atoms with Crippen LogP contribution >= 0.6 is 11.6 Å². The topological polar surface area (TPSA) is 59.9 Å². The van der Waals surface area contributed by atoms with E-state index in [2.05, 4.69) is 20.3 Å². The van der Waals surface area contributed by atoms with Gasteiger partial charge in [0.2, 0.25) is 0 Å². The predicted molar refractivity (Wildman–Crippen MR) is 113 cm³/mol. The van der Waals surface area contributed by atoms with Gasteiger partial charge in [-0.3, -0.25) is 4.98 Å². The first-order valence-electron chi connectivity index (χ1n) is 9.30. The molecule has 0 radical (unpaired) electrons. The molecule has 0 unspecified atom stereocenters. The molecule has 164 valence electrons. The average molecular weight is 463 g/mol. The minimum absolute atomic E-state index is 0.0339. The molecule has 0 bridgehead atoms. The standard InChI is InChI=1S/C22H15ClF4N4O/c1-32-19-7-13(12-2-4-15(24)5-3-12)6-16-20(19)30-11-31-21(16)29-10-18-17(23)8-14(9-28-18)22(25,26)27/h2-9,11H,10H2,1H3,(H,29,30,31). The Morgan fingerprint density at radius 3 is 2.41 bits per heavy atom. The zero-order valence-electron chi connectivity index (χ0n) is 16.5. The van der Waals surface area contributed by atoms with Gasteiger partial charge in [0, 0.05) is 11.6 Å². The number of nitrogens with one attached hydrogen (secondary N) is 1. The number of pyridine rings is 1. The van der Waals surface area contributed by atoms with Crippen molar-refractivity contribution in [2.75, 3.05) is 12.4 Å². The summed E-state index contributed by atoms with van der Waals surface area (Å²) >= 11 is 6.00. The number of nitrogens with zero attached hydrogens (tertiary/aromatic N) is 3. The van der Waals surface area contributed by atoms with Gasteiger partial charge in [-0.2, -0.15) is 13.2 Å². The van der Waals surface area contributed by atoms with Crippen molar-refractivity contribution in [3.63, 3.8) is 0 Å². The summed E-state index contributed by atoms with van der Waals surface area (Å²) in [4.78, 5) is 12.3. The monoisotopic (exact) mass is 462 g/mol. The van der Waals surface area contributed by atoms with Crippen molar-refractivity contribution in [2.45, 2.75) is 12.7 Å². The van der Waals surface area contributed by atoms with E-state index in [-0.39, 0.29) is 23.1 Å². The van der Waals surface area contributed by atoms with Crippen LogP contribution in [-0.2, 0) is 12.7 Å². The molecular weight excluding hydrogens is 448 g/mol. The number of benzene rings is 2. The number of methoxy groups -OCH3 is 1. The van der Waals surface area contributed by atoms with E-state index in [0.717, 1.165) is 23.4 Å². The summed E-state index contributed by atoms with van der Waals surface area (Å²) in [6.45, 7) is 0.0339. The fourth-order valence-electron chi connectivity index (χ4n) is 3.16. The maximum absolute atomic E-state index is 13.3. The van der Waals surface area contributed by atoms with Gasteiger partial charge in [-0.05, 0) is 41.5 Å². The molecule has 0 saturated carbocycles. The highest BCUT2D eigenvalue weighted by atomic mass is 35.5. The van der Waals surface area contributed by atoms with Gasteiger partial charge in [-0.25, -0.2) is 14.4 Å². The van der Waals surface area contributed by atoms with E-state index >= 15 is 0 Å².